The van der Waals surface area contributed by atoms with E-state index in [0.717, 1.165) is 12.1 Å². The van der Waals surface area contributed by atoms with Crippen molar-refractivity contribution in [2.45, 2.75) is 13.3 Å². The van der Waals surface area contributed by atoms with Crippen LogP contribution in [0.25, 0.3) is 16.9 Å². The highest BCUT2D eigenvalue weighted by Gasteiger charge is 2.15. The van der Waals surface area contributed by atoms with Crippen molar-refractivity contribution in [3.63, 3.8) is 0 Å². The summed E-state index contributed by atoms with van der Waals surface area (Å²) in [7, 11) is 1.55. The topological polar surface area (TPSA) is 78.9 Å². The molecule has 0 unspecified atom stereocenters. The number of imidazole rings is 1. The Balaban J connectivity index is 2.28. The third-order valence-corrected chi connectivity index (χ3v) is 3.21. The van der Waals surface area contributed by atoms with E-state index < -0.39 is 0 Å². The molecule has 3 rings (SSSR count). The van der Waals surface area contributed by atoms with Crippen molar-refractivity contribution < 1.29 is 4.74 Å². The molecule has 102 valence electrons. The fraction of sp³-hybridized carbons (Fsp3) is 0.214. The van der Waals surface area contributed by atoms with Crippen LogP contribution in [0.5, 0.6) is 5.88 Å². The first-order chi connectivity index (χ1) is 9.74. The minimum atomic E-state index is 0.368. The minimum Gasteiger partial charge on any atom is -0.479 e. The monoisotopic (exact) mass is 269 g/mol. The van der Waals surface area contributed by atoms with Crippen LogP contribution in [0.2, 0.25) is 0 Å². The van der Waals surface area contributed by atoms with Gasteiger partial charge in [-0.2, -0.15) is 4.98 Å². The zero-order chi connectivity index (χ0) is 14.1. The molecule has 2 aromatic heterocycles. The average molecular weight is 269 g/mol. The number of benzene rings is 1. The first-order valence-corrected chi connectivity index (χ1v) is 6.36. The van der Waals surface area contributed by atoms with Gasteiger partial charge in [0, 0.05) is 0 Å². The molecule has 0 aliphatic heterocycles. The Labute approximate surface area is 116 Å². The molecule has 0 amide bonds. The molecular formula is C14H15N5O. The van der Waals surface area contributed by atoms with Gasteiger partial charge in [-0.15, -0.1) is 0 Å². The van der Waals surface area contributed by atoms with Crippen molar-refractivity contribution in [1.82, 2.24) is 19.5 Å². The van der Waals surface area contributed by atoms with Crippen LogP contribution in [0.1, 0.15) is 12.5 Å². The van der Waals surface area contributed by atoms with Crippen molar-refractivity contribution in [3.05, 3.63) is 36.2 Å². The molecule has 6 heteroatoms. The molecule has 0 spiro atoms. The predicted octanol–water partition coefficient (Wildman–Crippen LogP) is 1.97. The fourth-order valence-electron chi connectivity index (χ4n) is 2.21. The second-order valence-electron chi connectivity index (χ2n) is 4.38. The normalized spacial score (nSPS) is 10.9. The maximum atomic E-state index is 6.03. The summed E-state index contributed by atoms with van der Waals surface area (Å²) in [5.41, 5.74) is 9.40. The lowest BCUT2D eigenvalue weighted by atomic mass is 10.1. The third-order valence-electron chi connectivity index (χ3n) is 3.21. The molecule has 20 heavy (non-hydrogen) atoms. The number of nitrogen functional groups attached to an aromatic ring is 1. The van der Waals surface area contributed by atoms with Crippen LogP contribution < -0.4 is 10.5 Å². The lowest BCUT2D eigenvalue weighted by Gasteiger charge is -2.07. The van der Waals surface area contributed by atoms with Gasteiger partial charge in [-0.05, 0) is 24.1 Å². The molecule has 0 fully saturated rings. The number of anilines is 1. The average Bonchev–Trinajstić information content (AvgIpc) is 2.83. The number of aromatic nitrogens is 4. The number of rotatable bonds is 3. The van der Waals surface area contributed by atoms with Gasteiger partial charge < -0.3 is 10.5 Å². The van der Waals surface area contributed by atoms with Crippen molar-refractivity contribution in [1.29, 1.82) is 0 Å². The molecule has 0 saturated heterocycles. The summed E-state index contributed by atoms with van der Waals surface area (Å²) in [6.45, 7) is 2.11. The molecule has 0 saturated carbocycles. The van der Waals surface area contributed by atoms with E-state index in [0.29, 0.717) is 23.0 Å². The van der Waals surface area contributed by atoms with Gasteiger partial charge in [-0.3, -0.25) is 4.57 Å². The largest absolute Gasteiger partial charge is 0.479 e. The maximum Gasteiger partial charge on any atom is 0.245 e. The number of nitrogens with zero attached hydrogens (tertiary/aromatic N) is 4. The molecule has 0 atom stereocenters. The summed E-state index contributed by atoms with van der Waals surface area (Å²) in [5, 5.41) is 0. The molecule has 0 bridgehead atoms. The lowest BCUT2D eigenvalue weighted by molar-refractivity contribution is 0.401. The number of methoxy groups -OCH3 is 1. The van der Waals surface area contributed by atoms with E-state index in [1.165, 1.54) is 11.9 Å². The number of fused-ring (bicyclic) bond motifs is 1. The summed E-state index contributed by atoms with van der Waals surface area (Å²) in [6, 6.07) is 8.13. The first-order valence-electron chi connectivity index (χ1n) is 6.36. The van der Waals surface area contributed by atoms with Crippen LogP contribution in [0.15, 0.2) is 30.6 Å². The Morgan fingerprint density at radius 1 is 1.30 bits per heavy atom. The zero-order valence-corrected chi connectivity index (χ0v) is 11.4. The van der Waals surface area contributed by atoms with E-state index in [-0.39, 0.29) is 0 Å². The highest BCUT2D eigenvalue weighted by Crippen LogP contribution is 2.26. The van der Waals surface area contributed by atoms with Crippen LogP contribution in [-0.4, -0.2) is 26.6 Å². The Bertz CT molecular complexity index is 765. The van der Waals surface area contributed by atoms with Crippen LogP contribution in [-0.2, 0) is 6.42 Å². The number of hydrogen-bond donors (Lipinski definition) is 1. The molecule has 2 heterocycles. The molecule has 0 aliphatic rings. The van der Waals surface area contributed by atoms with E-state index in [1.807, 2.05) is 12.1 Å². The Morgan fingerprint density at radius 2 is 2.15 bits per heavy atom. The van der Waals surface area contributed by atoms with Gasteiger partial charge in [0.1, 0.15) is 6.33 Å². The molecule has 0 aliphatic carbocycles. The number of hydrogen-bond acceptors (Lipinski definition) is 5. The number of ether oxygens (including phenoxy) is 1. The third kappa shape index (κ3) is 1.85. The second-order valence-corrected chi connectivity index (χ2v) is 4.38. The molecule has 3 aromatic rings. The van der Waals surface area contributed by atoms with Crippen LogP contribution in [0.4, 0.5) is 5.95 Å². The molecule has 6 nitrogen and oxygen atoms in total. The molecular weight excluding hydrogens is 254 g/mol. The van der Waals surface area contributed by atoms with E-state index in [2.05, 4.69) is 34.0 Å². The van der Waals surface area contributed by atoms with Crippen LogP contribution in [0.3, 0.4) is 0 Å². The summed E-state index contributed by atoms with van der Waals surface area (Å²) < 4.78 is 7.00. The summed E-state index contributed by atoms with van der Waals surface area (Å²) in [6.07, 6.45) is 2.40. The molecule has 0 radical (unpaired) electrons. The summed E-state index contributed by atoms with van der Waals surface area (Å²) in [5.74, 6) is 0.791. The smallest absolute Gasteiger partial charge is 0.245 e. The van der Waals surface area contributed by atoms with E-state index in [1.54, 1.807) is 11.7 Å². The van der Waals surface area contributed by atoms with Crippen molar-refractivity contribution in [2.24, 2.45) is 0 Å². The Morgan fingerprint density at radius 3 is 2.90 bits per heavy atom. The second kappa shape index (κ2) is 4.80. The van der Waals surface area contributed by atoms with Crippen molar-refractivity contribution >= 4 is 17.1 Å². The van der Waals surface area contributed by atoms with Gasteiger partial charge in [0.2, 0.25) is 11.8 Å². The summed E-state index contributed by atoms with van der Waals surface area (Å²) >= 11 is 0. The van der Waals surface area contributed by atoms with Gasteiger partial charge in [0.15, 0.2) is 11.2 Å². The van der Waals surface area contributed by atoms with Gasteiger partial charge >= 0.3 is 0 Å². The summed E-state index contributed by atoms with van der Waals surface area (Å²) in [4.78, 5) is 12.6. The lowest BCUT2D eigenvalue weighted by Crippen LogP contribution is -2.02. The number of nitrogens with two attached hydrogens (primary N) is 1. The van der Waals surface area contributed by atoms with Gasteiger partial charge in [0.25, 0.3) is 0 Å². The van der Waals surface area contributed by atoms with Gasteiger partial charge in [-0.25, -0.2) is 9.97 Å². The Hall–Kier alpha value is -2.63. The van der Waals surface area contributed by atoms with Crippen molar-refractivity contribution in [2.75, 3.05) is 12.8 Å². The van der Waals surface area contributed by atoms with Crippen LogP contribution >= 0.6 is 0 Å². The SMILES string of the molecule is CCc1cccc(-n2c(N)nc3c(OC)ncnc32)c1. The van der Waals surface area contributed by atoms with Crippen molar-refractivity contribution in [3.8, 4) is 11.6 Å². The minimum absolute atomic E-state index is 0.368. The van der Waals surface area contributed by atoms with Crippen LogP contribution in [0, 0.1) is 0 Å². The quantitative estimate of drug-likeness (QED) is 0.786. The van der Waals surface area contributed by atoms with E-state index >= 15 is 0 Å². The fourth-order valence-corrected chi connectivity index (χ4v) is 2.21. The first kappa shape index (κ1) is 12.4. The van der Waals surface area contributed by atoms with Gasteiger partial charge in [0.05, 0.1) is 12.8 Å². The standard InChI is InChI=1S/C14H15N5O/c1-3-9-5-4-6-10(7-9)19-12-11(18-14(19)15)13(20-2)17-8-16-12/h4-8H,3H2,1-2H3,(H2,15,18). The maximum absolute atomic E-state index is 6.03. The molecule has 2 N–H and O–H groups in total. The Kier molecular flexibility index (Phi) is 2.98. The highest BCUT2D eigenvalue weighted by atomic mass is 16.5. The number of aryl methyl sites for hydroxylation is 1. The van der Waals surface area contributed by atoms with Gasteiger partial charge in [-0.1, -0.05) is 19.1 Å². The molecule has 1 aromatic carbocycles. The highest BCUT2D eigenvalue weighted by molar-refractivity contribution is 5.81. The van der Waals surface area contributed by atoms with E-state index in [9.17, 15) is 0 Å². The predicted molar refractivity (Wildman–Crippen MR) is 77.0 cm³/mol. The van der Waals surface area contributed by atoms with E-state index in [4.69, 9.17) is 10.5 Å². The zero-order valence-electron chi connectivity index (χ0n) is 11.4.